The molecule has 3 unspecified atom stereocenters. The molecule has 5 nitrogen and oxygen atoms in total. The summed E-state index contributed by atoms with van der Waals surface area (Å²) in [4.78, 5) is 15.4. The molecular formula is C19H28N2O3S2. The standard InChI is InChI=1S/C19H28N2O3S2/c22-19(21-12-4-7-15-6-1-2-9-17(15)21)16-8-3-11-20(14-16)26(23,24)18-10-5-13-25-18/h5,10,13,15-17H,1-4,6-9,11-12,14H2. The Kier molecular flexibility index (Phi) is 5.39. The Balaban J connectivity index is 1.48. The van der Waals surface area contributed by atoms with E-state index in [0.717, 1.165) is 32.2 Å². The van der Waals surface area contributed by atoms with Gasteiger partial charge >= 0.3 is 0 Å². The first kappa shape index (κ1) is 18.4. The van der Waals surface area contributed by atoms with Gasteiger partial charge in [0.2, 0.25) is 5.91 Å². The first-order chi connectivity index (χ1) is 12.6. The summed E-state index contributed by atoms with van der Waals surface area (Å²) < 4.78 is 27.6. The highest BCUT2D eigenvalue weighted by Gasteiger charge is 2.40. The van der Waals surface area contributed by atoms with E-state index in [9.17, 15) is 13.2 Å². The number of carbonyl (C=O) groups excluding carboxylic acids is 1. The maximum absolute atomic E-state index is 13.3. The molecule has 1 saturated carbocycles. The van der Waals surface area contributed by atoms with Crippen molar-refractivity contribution in [1.82, 2.24) is 9.21 Å². The lowest BCUT2D eigenvalue weighted by Crippen LogP contribution is -2.54. The van der Waals surface area contributed by atoms with Crippen LogP contribution in [0, 0.1) is 11.8 Å². The summed E-state index contributed by atoms with van der Waals surface area (Å²) in [7, 11) is -3.46. The summed E-state index contributed by atoms with van der Waals surface area (Å²) in [5.41, 5.74) is 0. The number of nitrogens with zero attached hydrogens (tertiary/aromatic N) is 2. The minimum absolute atomic E-state index is 0.181. The second-order valence-electron chi connectivity index (χ2n) is 7.92. The van der Waals surface area contributed by atoms with Crippen LogP contribution in [-0.4, -0.2) is 49.2 Å². The van der Waals surface area contributed by atoms with Gasteiger partial charge < -0.3 is 4.90 Å². The van der Waals surface area contributed by atoms with Gasteiger partial charge in [0.15, 0.2) is 0 Å². The Morgan fingerprint density at radius 2 is 1.81 bits per heavy atom. The molecule has 0 bridgehead atoms. The molecule has 26 heavy (non-hydrogen) atoms. The summed E-state index contributed by atoms with van der Waals surface area (Å²) in [6.45, 7) is 1.72. The number of likely N-dealkylation sites (tertiary alicyclic amines) is 1. The van der Waals surface area contributed by atoms with E-state index >= 15 is 0 Å². The van der Waals surface area contributed by atoms with Gasteiger partial charge in [0.05, 0.1) is 5.92 Å². The molecule has 144 valence electrons. The fraction of sp³-hybridized carbons (Fsp3) is 0.737. The first-order valence-electron chi connectivity index (χ1n) is 9.91. The van der Waals surface area contributed by atoms with E-state index in [1.165, 1.54) is 41.3 Å². The molecule has 1 aromatic heterocycles. The van der Waals surface area contributed by atoms with E-state index in [0.29, 0.717) is 29.3 Å². The third kappa shape index (κ3) is 3.45. The molecule has 3 heterocycles. The predicted molar refractivity (Wildman–Crippen MR) is 102 cm³/mol. The van der Waals surface area contributed by atoms with Gasteiger partial charge in [-0.15, -0.1) is 11.3 Å². The zero-order valence-electron chi connectivity index (χ0n) is 15.2. The normalized spacial score (nSPS) is 30.8. The molecule has 2 aliphatic heterocycles. The van der Waals surface area contributed by atoms with Crippen molar-refractivity contribution in [3.8, 4) is 0 Å². The molecule has 1 aromatic rings. The van der Waals surface area contributed by atoms with Gasteiger partial charge in [-0.25, -0.2) is 8.42 Å². The molecule has 3 fully saturated rings. The van der Waals surface area contributed by atoms with Crippen molar-refractivity contribution in [3.05, 3.63) is 17.5 Å². The van der Waals surface area contributed by atoms with Crippen LogP contribution in [0.3, 0.4) is 0 Å². The third-order valence-corrected chi connectivity index (χ3v) is 9.59. The van der Waals surface area contributed by atoms with E-state index in [2.05, 4.69) is 4.90 Å². The smallest absolute Gasteiger partial charge is 0.252 e. The summed E-state index contributed by atoms with van der Waals surface area (Å²) in [5.74, 6) is 0.683. The lowest BCUT2D eigenvalue weighted by molar-refractivity contribution is -0.143. The number of piperidine rings is 2. The average Bonchev–Trinajstić information content (AvgIpc) is 3.23. The van der Waals surface area contributed by atoms with Gasteiger partial charge in [-0.2, -0.15) is 4.31 Å². The molecule has 3 aliphatic rings. The molecule has 4 rings (SSSR count). The third-order valence-electron chi connectivity index (χ3n) is 6.35. The van der Waals surface area contributed by atoms with Crippen molar-refractivity contribution in [3.63, 3.8) is 0 Å². The van der Waals surface area contributed by atoms with Crippen molar-refractivity contribution in [2.75, 3.05) is 19.6 Å². The molecule has 7 heteroatoms. The number of thiophene rings is 1. The number of fused-ring (bicyclic) bond motifs is 1. The van der Waals surface area contributed by atoms with Gasteiger partial charge in [0.1, 0.15) is 4.21 Å². The molecule has 1 aliphatic carbocycles. The molecular weight excluding hydrogens is 368 g/mol. The van der Waals surface area contributed by atoms with Crippen LogP contribution >= 0.6 is 11.3 Å². The van der Waals surface area contributed by atoms with Crippen LogP contribution in [0.4, 0.5) is 0 Å². The fourth-order valence-corrected chi connectivity index (χ4v) is 7.70. The van der Waals surface area contributed by atoms with Crippen LogP contribution in [0.5, 0.6) is 0 Å². The maximum atomic E-state index is 13.3. The first-order valence-corrected chi connectivity index (χ1v) is 12.2. The van der Waals surface area contributed by atoms with Crippen molar-refractivity contribution in [2.24, 2.45) is 11.8 Å². The Morgan fingerprint density at radius 3 is 2.62 bits per heavy atom. The number of carbonyl (C=O) groups is 1. The van der Waals surface area contributed by atoms with Crippen LogP contribution < -0.4 is 0 Å². The van der Waals surface area contributed by atoms with E-state index in [-0.39, 0.29) is 11.8 Å². The largest absolute Gasteiger partial charge is 0.339 e. The van der Waals surface area contributed by atoms with Gasteiger partial charge in [-0.3, -0.25) is 4.79 Å². The number of hydrogen-bond acceptors (Lipinski definition) is 4. The minimum Gasteiger partial charge on any atom is -0.339 e. The van der Waals surface area contributed by atoms with Crippen LogP contribution in [0.1, 0.15) is 51.4 Å². The van der Waals surface area contributed by atoms with E-state index in [1.54, 1.807) is 17.5 Å². The van der Waals surface area contributed by atoms with Gasteiger partial charge in [0.25, 0.3) is 10.0 Å². The summed E-state index contributed by atoms with van der Waals surface area (Å²) in [6, 6.07) is 3.82. The molecule has 0 N–H and O–H groups in total. The molecule has 2 saturated heterocycles. The minimum atomic E-state index is -3.46. The van der Waals surface area contributed by atoms with Gasteiger partial charge in [-0.1, -0.05) is 18.9 Å². The second kappa shape index (κ2) is 7.60. The highest BCUT2D eigenvalue weighted by Crippen LogP contribution is 2.37. The van der Waals surface area contributed by atoms with Crippen LogP contribution in [-0.2, 0) is 14.8 Å². The zero-order valence-corrected chi connectivity index (χ0v) is 16.8. The van der Waals surface area contributed by atoms with E-state index < -0.39 is 10.0 Å². The quantitative estimate of drug-likeness (QED) is 0.787. The van der Waals surface area contributed by atoms with E-state index in [1.807, 2.05) is 0 Å². The highest BCUT2D eigenvalue weighted by molar-refractivity contribution is 7.91. The molecule has 0 aromatic carbocycles. The summed E-state index contributed by atoms with van der Waals surface area (Å²) in [6.07, 6.45) is 8.80. The van der Waals surface area contributed by atoms with Crippen LogP contribution in [0.15, 0.2) is 21.7 Å². The zero-order chi connectivity index (χ0) is 18.1. The molecule has 0 spiro atoms. The topological polar surface area (TPSA) is 57.7 Å². The molecule has 3 atom stereocenters. The monoisotopic (exact) mass is 396 g/mol. The Bertz CT molecular complexity index is 730. The van der Waals surface area contributed by atoms with Gasteiger partial charge in [-0.05, 0) is 55.9 Å². The van der Waals surface area contributed by atoms with Crippen LogP contribution in [0.25, 0.3) is 0 Å². The van der Waals surface area contributed by atoms with Crippen molar-refractivity contribution in [2.45, 2.75) is 61.6 Å². The lowest BCUT2D eigenvalue weighted by atomic mass is 9.77. The number of sulfonamides is 1. The second-order valence-corrected chi connectivity index (χ2v) is 11.0. The van der Waals surface area contributed by atoms with Crippen LogP contribution in [0.2, 0.25) is 0 Å². The average molecular weight is 397 g/mol. The Labute approximate surface area is 160 Å². The van der Waals surface area contributed by atoms with Crippen molar-refractivity contribution in [1.29, 1.82) is 0 Å². The SMILES string of the molecule is O=C(C1CCCN(S(=O)(=O)c2cccs2)C1)N1CCCC2CCCCC21. The molecule has 1 amide bonds. The fourth-order valence-electron chi connectivity index (χ4n) is 5.03. The number of amides is 1. The number of rotatable bonds is 3. The maximum Gasteiger partial charge on any atom is 0.252 e. The number of hydrogen-bond donors (Lipinski definition) is 0. The Morgan fingerprint density at radius 1 is 1.04 bits per heavy atom. The summed E-state index contributed by atoms with van der Waals surface area (Å²) in [5, 5.41) is 1.79. The highest BCUT2D eigenvalue weighted by atomic mass is 32.2. The Hall–Kier alpha value is -0.920. The predicted octanol–water partition coefficient (Wildman–Crippen LogP) is 3.33. The van der Waals surface area contributed by atoms with E-state index in [4.69, 9.17) is 0 Å². The van der Waals surface area contributed by atoms with Crippen molar-refractivity contribution >= 4 is 27.3 Å². The molecule has 0 radical (unpaired) electrons. The lowest BCUT2D eigenvalue weighted by Gasteiger charge is -2.46. The summed E-state index contributed by atoms with van der Waals surface area (Å²) >= 11 is 1.25. The van der Waals surface area contributed by atoms with Gasteiger partial charge in [0, 0.05) is 25.7 Å². The van der Waals surface area contributed by atoms with Crippen molar-refractivity contribution < 1.29 is 13.2 Å².